The second-order valence-electron chi connectivity index (χ2n) is 5.41. The van der Waals surface area contributed by atoms with Crippen LogP contribution in [0.2, 0.25) is 0 Å². The van der Waals surface area contributed by atoms with Crippen LogP contribution >= 0.6 is 11.6 Å². The van der Waals surface area contributed by atoms with Crippen molar-refractivity contribution in [3.8, 4) is 0 Å². The predicted molar refractivity (Wildman–Crippen MR) is 89.5 cm³/mol. The first-order chi connectivity index (χ1) is 10.1. The number of piperazine rings is 1. The normalized spacial score (nSPS) is 16.0. The molecule has 1 aliphatic rings. The Bertz CT molecular complexity index is 484. The molecule has 1 aromatic rings. The van der Waals surface area contributed by atoms with Crippen molar-refractivity contribution >= 4 is 28.9 Å². The van der Waals surface area contributed by atoms with E-state index in [1.165, 1.54) is 5.69 Å². The quantitative estimate of drug-likeness (QED) is 0.850. The highest BCUT2D eigenvalue weighted by atomic mass is 35.5. The van der Waals surface area contributed by atoms with E-state index in [1.54, 1.807) is 0 Å². The molecular weight excluding hydrogens is 286 g/mol. The summed E-state index contributed by atoms with van der Waals surface area (Å²) in [4.78, 5) is 16.5. The van der Waals surface area contributed by atoms with Gasteiger partial charge in [-0.2, -0.15) is 0 Å². The van der Waals surface area contributed by atoms with Gasteiger partial charge in [0.1, 0.15) is 0 Å². The van der Waals surface area contributed by atoms with E-state index >= 15 is 0 Å². The largest absolute Gasteiger partial charge is 0.369 e. The van der Waals surface area contributed by atoms with Crippen LogP contribution in [0.25, 0.3) is 0 Å². The molecule has 1 N–H and O–H groups in total. The number of halogens is 1. The van der Waals surface area contributed by atoms with Gasteiger partial charge in [-0.05, 0) is 37.2 Å². The van der Waals surface area contributed by atoms with Crippen molar-refractivity contribution in [3.05, 3.63) is 23.8 Å². The molecule has 0 unspecified atom stereocenters. The third-order valence-corrected chi connectivity index (χ3v) is 4.18. The fraction of sp³-hybridized carbons (Fsp3) is 0.562. The number of likely N-dealkylation sites (N-methyl/N-ethyl adjacent to an activating group) is 1. The van der Waals surface area contributed by atoms with E-state index in [9.17, 15) is 4.79 Å². The van der Waals surface area contributed by atoms with E-state index in [-0.39, 0.29) is 5.91 Å². The van der Waals surface area contributed by atoms with Crippen molar-refractivity contribution in [2.24, 2.45) is 0 Å². The SMILES string of the molecule is CCN1CCN(c2ccc(NC(=O)CCCl)c(C)c2)CC1. The van der Waals surface area contributed by atoms with Crippen LogP contribution in [0, 0.1) is 6.92 Å². The van der Waals surface area contributed by atoms with Crippen molar-refractivity contribution in [2.75, 3.05) is 48.8 Å². The number of hydrogen-bond acceptors (Lipinski definition) is 3. The van der Waals surface area contributed by atoms with Gasteiger partial charge in [0.2, 0.25) is 5.91 Å². The number of nitrogens with one attached hydrogen (secondary N) is 1. The summed E-state index contributed by atoms with van der Waals surface area (Å²) in [5.41, 5.74) is 3.20. The molecule has 0 aliphatic carbocycles. The summed E-state index contributed by atoms with van der Waals surface area (Å²) < 4.78 is 0. The van der Waals surface area contributed by atoms with E-state index in [1.807, 2.05) is 13.0 Å². The van der Waals surface area contributed by atoms with Crippen LogP contribution in [0.3, 0.4) is 0 Å². The first kappa shape index (κ1) is 16.1. The predicted octanol–water partition coefficient (Wildman–Crippen LogP) is 2.70. The molecule has 21 heavy (non-hydrogen) atoms. The Labute approximate surface area is 132 Å². The summed E-state index contributed by atoms with van der Waals surface area (Å²) in [7, 11) is 0. The maximum absolute atomic E-state index is 11.6. The van der Waals surface area contributed by atoms with Crippen molar-refractivity contribution in [2.45, 2.75) is 20.3 Å². The van der Waals surface area contributed by atoms with E-state index in [0.717, 1.165) is 44.0 Å². The monoisotopic (exact) mass is 309 g/mol. The van der Waals surface area contributed by atoms with E-state index in [4.69, 9.17) is 11.6 Å². The summed E-state index contributed by atoms with van der Waals surface area (Å²) >= 11 is 5.58. The molecule has 1 fully saturated rings. The van der Waals surface area contributed by atoms with E-state index in [2.05, 4.69) is 34.2 Å². The van der Waals surface area contributed by atoms with E-state index < -0.39 is 0 Å². The fourth-order valence-corrected chi connectivity index (χ4v) is 2.78. The summed E-state index contributed by atoms with van der Waals surface area (Å²) in [5, 5.41) is 2.91. The zero-order valence-electron chi connectivity index (χ0n) is 12.9. The molecule has 0 bridgehead atoms. The molecule has 1 aromatic carbocycles. The lowest BCUT2D eigenvalue weighted by atomic mass is 10.1. The van der Waals surface area contributed by atoms with Gasteiger partial charge in [0, 0.05) is 49.9 Å². The Morgan fingerprint density at radius 2 is 2.00 bits per heavy atom. The minimum Gasteiger partial charge on any atom is -0.369 e. The number of nitrogens with zero attached hydrogens (tertiary/aromatic N) is 2. The number of anilines is 2. The lowest BCUT2D eigenvalue weighted by Gasteiger charge is -2.35. The van der Waals surface area contributed by atoms with Gasteiger partial charge in [0.05, 0.1) is 0 Å². The highest BCUT2D eigenvalue weighted by Crippen LogP contribution is 2.23. The topological polar surface area (TPSA) is 35.6 Å². The number of aryl methyl sites for hydroxylation is 1. The van der Waals surface area contributed by atoms with Gasteiger partial charge in [0.25, 0.3) is 0 Å². The maximum atomic E-state index is 11.6. The van der Waals surface area contributed by atoms with Gasteiger partial charge < -0.3 is 15.1 Å². The molecule has 0 atom stereocenters. The number of carbonyl (C=O) groups excluding carboxylic acids is 1. The Morgan fingerprint density at radius 3 is 2.57 bits per heavy atom. The Morgan fingerprint density at radius 1 is 1.29 bits per heavy atom. The molecule has 1 aliphatic heterocycles. The van der Waals surface area contributed by atoms with Crippen LogP contribution in [0.15, 0.2) is 18.2 Å². The third-order valence-electron chi connectivity index (χ3n) is 3.99. The fourth-order valence-electron chi connectivity index (χ4n) is 2.61. The highest BCUT2D eigenvalue weighted by molar-refractivity contribution is 6.19. The Balaban J connectivity index is 2.00. The van der Waals surface area contributed by atoms with Gasteiger partial charge in [-0.15, -0.1) is 11.6 Å². The van der Waals surface area contributed by atoms with Crippen molar-refractivity contribution in [3.63, 3.8) is 0 Å². The van der Waals surface area contributed by atoms with Crippen molar-refractivity contribution < 1.29 is 4.79 Å². The smallest absolute Gasteiger partial charge is 0.225 e. The molecule has 1 saturated heterocycles. The van der Waals surface area contributed by atoms with Crippen LogP contribution in [0.1, 0.15) is 18.9 Å². The molecule has 1 heterocycles. The number of amides is 1. The molecule has 0 radical (unpaired) electrons. The third kappa shape index (κ3) is 4.35. The van der Waals surface area contributed by atoms with Crippen LogP contribution in [0.4, 0.5) is 11.4 Å². The van der Waals surface area contributed by atoms with Crippen LogP contribution in [-0.2, 0) is 4.79 Å². The lowest BCUT2D eigenvalue weighted by molar-refractivity contribution is -0.115. The maximum Gasteiger partial charge on any atom is 0.225 e. The molecule has 116 valence electrons. The number of alkyl halides is 1. The van der Waals surface area contributed by atoms with E-state index in [0.29, 0.717) is 12.3 Å². The number of benzene rings is 1. The van der Waals surface area contributed by atoms with Crippen LogP contribution < -0.4 is 10.2 Å². The zero-order chi connectivity index (χ0) is 15.2. The average Bonchev–Trinajstić information content (AvgIpc) is 2.50. The highest BCUT2D eigenvalue weighted by Gasteiger charge is 2.16. The minimum atomic E-state index is -0.0302. The summed E-state index contributed by atoms with van der Waals surface area (Å²) in [6.07, 6.45) is 0.349. The van der Waals surface area contributed by atoms with Gasteiger partial charge in [-0.25, -0.2) is 0 Å². The Hall–Kier alpha value is -1.26. The minimum absolute atomic E-state index is 0.0302. The van der Waals surface area contributed by atoms with Gasteiger partial charge in [0.15, 0.2) is 0 Å². The van der Waals surface area contributed by atoms with Gasteiger partial charge in [-0.1, -0.05) is 6.92 Å². The number of carbonyl (C=O) groups is 1. The van der Waals surface area contributed by atoms with Crippen LogP contribution in [0.5, 0.6) is 0 Å². The van der Waals surface area contributed by atoms with Crippen LogP contribution in [-0.4, -0.2) is 49.4 Å². The molecule has 4 nitrogen and oxygen atoms in total. The van der Waals surface area contributed by atoms with Gasteiger partial charge in [-0.3, -0.25) is 4.79 Å². The van der Waals surface area contributed by atoms with Crippen molar-refractivity contribution in [1.29, 1.82) is 0 Å². The second-order valence-corrected chi connectivity index (χ2v) is 5.79. The first-order valence-electron chi connectivity index (χ1n) is 7.57. The average molecular weight is 310 g/mol. The number of hydrogen-bond donors (Lipinski definition) is 1. The zero-order valence-corrected chi connectivity index (χ0v) is 13.6. The molecule has 0 saturated carbocycles. The van der Waals surface area contributed by atoms with Crippen molar-refractivity contribution in [1.82, 2.24) is 4.90 Å². The molecule has 2 rings (SSSR count). The molecular formula is C16H24ClN3O. The summed E-state index contributed by atoms with van der Waals surface area (Å²) in [6.45, 7) is 9.71. The summed E-state index contributed by atoms with van der Waals surface area (Å²) in [5.74, 6) is 0.322. The van der Waals surface area contributed by atoms with Gasteiger partial charge >= 0.3 is 0 Å². The number of rotatable bonds is 5. The molecule has 5 heteroatoms. The Kier molecular flexibility index (Phi) is 5.88. The second kappa shape index (κ2) is 7.66. The molecule has 1 amide bonds. The summed E-state index contributed by atoms with van der Waals surface area (Å²) in [6, 6.07) is 6.23. The molecule has 0 spiro atoms. The molecule has 0 aromatic heterocycles. The first-order valence-corrected chi connectivity index (χ1v) is 8.11. The standard InChI is InChI=1S/C16H24ClN3O/c1-3-19-8-10-20(11-9-19)14-4-5-15(13(2)12-14)18-16(21)6-7-17/h4-5,12H,3,6-11H2,1-2H3,(H,18,21). The lowest BCUT2D eigenvalue weighted by Crippen LogP contribution is -2.46.